The van der Waals surface area contributed by atoms with Crippen LogP contribution in [0.1, 0.15) is 11.7 Å². The number of benzene rings is 3. The van der Waals surface area contributed by atoms with Crippen LogP contribution in [0.15, 0.2) is 71.6 Å². The zero-order chi connectivity index (χ0) is 22.1. The highest BCUT2D eigenvalue weighted by atomic mass is 32.2. The van der Waals surface area contributed by atoms with Crippen molar-refractivity contribution >= 4 is 15.7 Å². The van der Waals surface area contributed by atoms with Crippen molar-refractivity contribution in [1.29, 1.82) is 0 Å². The molecule has 0 aromatic heterocycles. The van der Waals surface area contributed by atoms with Crippen molar-refractivity contribution in [2.75, 3.05) is 4.72 Å². The van der Waals surface area contributed by atoms with E-state index in [0.29, 0.717) is 11.6 Å². The minimum Gasteiger partial charge on any atom is -0.379 e. The van der Waals surface area contributed by atoms with Gasteiger partial charge >= 0.3 is 6.18 Å². The first-order valence-corrected chi connectivity index (χ1v) is 9.89. The monoisotopic (exact) mass is 443 g/mol. The molecule has 4 nitrogen and oxygen atoms in total. The summed E-state index contributed by atoms with van der Waals surface area (Å²) in [5, 5.41) is 9.32. The van der Waals surface area contributed by atoms with Crippen molar-refractivity contribution in [1.82, 2.24) is 0 Å². The van der Waals surface area contributed by atoms with Crippen molar-refractivity contribution < 1.29 is 35.5 Å². The Morgan fingerprint density at radius 2 is 1.57 bits per heavy atom. The molecule has 3 aromatic rings. The maximum atomic E-state index is 13.9. The Hall–Kier alpha value is -2.98. The van der Waals surface area contributed by atoms with Gasteiger partial charge in [0, 0.05) is 17.3 Å². The predicted octanol–water partition coefficient (Wildman–Crippen LogP) is 5.03. The molecule has 10 heteroatoms. The number of sulfonamides is 1. The summed E-state index contributed by atoms with van der Waals surface area (Å²) >= 11 is 0. The second kappa shape index (κ2) is 8.04. The number of hydrogen-bond donors (Lipinski definition) is 2. The molecule has 2 N–H and O–H groups in total. The molecular formula is C20H14F5NO3S. The molecule has 1 atom stereocenters. The lowest BCUT2D eigenvalue weighted by atomic mass is 10.1. The third-order valence-corrected chi connectivity index (χ3v) is 5.57. The maximum absolute atomic E-state index is 13.9. The Labute approximate surface area is 168 Å². The number of hydrogen-bond acceptors (Lipinski definition) is 3. The Morgan fingerprint density at radius 3 is 2.17 bits per heavy atom. The minimum absolute atomic E-state index is 0.0714. The highest BCUT2D eigenvalue weighted by Gasteiger charge is 2.39. The Kier molecular flexibility index (Phi) is 5.82. The van der Waals surface area contributed by atoms with E-state index in [9.17, 15) is 35.5 Å². The van der Waals surface area contributed by atoms with Crippen LogP contribution in [0.2, 0.25) is 0 Å². The van der Waals surface area contributed by atoms with Crippen molar-refractivity contribution in [3.63, 3.8) is 0 Å². The van der Waals surface area contributed by atoms with Gasteiger partial charge in [-0.3, -0.25) is 4.72 Å². The topological polar surface area (TPSA) is 66.4 Å². The second-order valence-corrected chi connectivity index (χ2v) is 8.01. The Morgan fingerprint density at radius 1 is 0.900 bits per heavy atom. The molecule has 158 valence electrons. The number of alkyl halides is 3. The van der Waals surface area contributed by atoms with Crippen LogP contribution in [0.4, 0.5) is 27.6 Å². The summed E-state index contributed by atoms with van der Waals surface area (Å²) < 4.78 is 92.1. The molecule has 30 heavy (non-hydrogen) atoms. The van der Waals surface area contributed by atoms with Crippen LogP contribution in [0.5, 0.6) is 0 Å². The molecular weight excluding hydrogens is 429 g/mol. The van der Waals surface area contributed by atoms with E-state index in [-0.39, 0.29) is 16.1 Å². The SMILES string of the molecule is O=S(=O)(Nc1cccc([C@@H](O)C(F)(F)F)c1)c1ccc(-c2ccc(F)cc2F)cc1. The van der Waals surface area contributed by atoms with E-state index in [1.165, 1.54) is 42.5 Å². The zero-order valence-electron chi connectivity index (χ0n) is 15.0. The molecule has 0 aliphatic heterocycles. The molecule has 0 bridgehead atoms. The van der Waals surface area contributed by atoms with Crippen molar-refractivity contribution in [3.05, 3.63) is 83.9 Å². The summed E-state index contributed by atoms with van der Waals surface area (Å²) in [7, 11) is -4.17. The van der Waals surface area contributed by atoms with Gasteiger partial charge in [-0.25, -0.2) is 17.2 Å². The number of anilines is 1. The standard InChI is InChI=1S/C20H14F5NO3S/c21-14-6-9-17(18(22)11-14)12-4-7-16(8-5-12)30(28,29)26-15-3-1-2-13(10-15)19(27)20(23,24)25/h1-11,19,26-27H/t19-/m1/s1. The summed E-state index contributed by atoms with van der Waals surface area (Å²) in [5.41, 5.74) is -0.321. The Bertz CT molecular complexity index is 1160. The third kappa shape index (κ3) is 4.77. The van der Waals surface area contributed by atoms with Crippen LogP contribution >= 0.6 is 0 Å². The summed E-state index contributed by atoms with van der Waals surface area (Å²) in [6.07, 6.45) is -7.66. The van der Waals surface area contributed by atoms with E-state index in [2.05, 4.69) is 4.72 Å². The molecule has 0 saturated carbocycles. The maximum Gasteiger partial charge on any atom is 0.418 e. The van der Waals surface area contributed by atoms with E-state index in [1.54, 1.807) is 0 Å². The first-order valence-electron chi connectivity index (χ1n) is 8.40. The fourth-order valence-corrected chi connectivity index (χ4v) is 3.76. The molecule has 0 amide bonds. The Balaban J connectivity index is 1.84. The van der Waals surface area contributed by atoms with Gasteiger partial charge in [-0.2, -0.15) is 13.2 Å². The molecule has 0 aliphatic carbocycles. The first kappa shape index (κ1) is 21.7. The second-order valence-electron chi connectivity index (χ2n) is 6.32. The predicted molar refractivity (Wildman–Crippen MR) is 100 cm³/mol. The van der Waals surface area contributed by atoms with Gasteiger partial charge in [-0.1, -0.05) is 24.3 Å². The average Bonchev–Trinajstić information content (AvgIpc) is 2.67. The molecule has 0 heterocycles. The molecule has 0 aliphatic rings. The van der Waals surface area contributed by atoms with E-state index < -0.39 is 39.5 Å². The van der Waals surface area contributed by atoms with Crippen molar-refractivity contribution in [3.8, 4) is 11.1 Å². The van der Waals surface area contributed by atoms with E-state index in [0.717, 1.165) is 18.2 Å². The fourth-order valence-electron chi connectivity index (χ4n) is 2.71. The average molecular weight is 443 g/mol. The number of halogens is 5. The van der Waals surface area contributed by atoms with E-state index in [4.69, 9.17) is 0 Å². The van der Waals surface area contributed by atoms with Crippen LogP contribution in [-0.2, 0) is 10.0 Å². The number of aliphatic hydroxyl groups excluding tert-OH is 1. The van der Waals surface area contributed by atoms with Crippen LogP contribution in [0.3, 0.4) is 0 Å². The van der Waals surface area contributed by atoms with Gasteiger partial charge in [0.05, 0.1) is 4.90 Å². The summed E-state index contributed by atoms with van der Waals surface area (Å²) in [4.78, 5) is -0.226. The molecule has 0 spiro atoms. The van der Waals surface area contributed by atoms with Crippen LogP contribution in [0.25, 0.3) is 11.1 Å². The van der Waals surface area contributed by atoms with Gasteiger partial charge in [0.15, 0.2) is 6.10 Å². The van der Waals surface area contributed by atoms with Crippen LogP contribution in [0, 0.1) is 11.6 Å². The van der Waals surface area contributed by atoms with Gasteiger partial charge in [-0.05, 0) is 47.5 Å². The third-order valence-electron chi connectivity index (χ3n) is 4.17. The van der Waals surface area contributed by atoms with Gasteiger partial charge in [-0.15, -0.1) is 0 Å². The first-order chi connectivity index (χ1) is 14.0. The van der Waals surface area contributed by atoms with Gasteiger partial charge < -0.3 is 5.11 Å². The molecule has 3 aromatic carbocycles. The quantitative estimate of drug-likeness (QED) is 0.544. The van der Waals surface area contributed by atoms with Gasteiger partial charge in [0.1, 0.15) is 11.6 Å². The summed E-state index contributed by atoms with van der Waals surface area (Å²) in [6, 6.07) is 12.2. The normalized spacial score (nSPS) is 13.1. The van der Waals surface area contributed by atoms with E-state index in [1.807, 2.05) is 0 Å². The summed E-state index contributed by atoms with van der Waals surface area (Å²) in [6.45, 7) is 0. The van der Waals surface area contributed by atoms with Crippen LogP contribution < -0.4 is 4.72 Å². The smallest absolute Gasteiger partial charge is 0.379 e. The molecule has 3 rings (SSSR count). The summed E-state index contributed by atoms with van der Waals surface area (Å²) in [5.74, 6) is -1.57. The van der Waals surface area contributed by atoms with Gasteiger partial charge in [0.25, 0.3) is 10.0 Å². The van der Waals surface area contributed by atoms with E-state index >= 15 is 0 Å². The molecule has 0 radical (unpaired) electrons. The molecule has 0 unspecified atom stereocenters. The number of rotatable bonds is 5. The van der Waals surface area contributed by atoms with Crippen molar-refractivity contribution in [2.45, 2.75) is 17.2 Å². The lowest BCUT2D eigenvalue weighted by Gasteiger charge is -2.16. The fraction of sp³-hybridized carbons (Fsp3) is 0.100. The lowest BCUT2D eigenvalue weighted by molar-refractivity contribution is -0.206. The number of nitrogens with one attached hydrogen (secondary N) is 1. The van der Waals surface area contributed by atoms with Crippen LogP contribution in [-0.4, -0.2) is 19.7 Å². The molecule has 0 saturated heterocycles. The molecule has 0 fully saturated rings. The largest absolute Gasteiger partial charge is 0.418 e. The minimum atomic E-state index is -4.90. The van der Waals surface area contributed by atoms with Crippen molar-refractivity contribution in [2.24, 2.45) is 0 Å². The highest BCUT2D eigenvalue weighted by molar-refractivity contribution is 7.92. The lowest BCUT2D eigenvalue weighted by Crippen LogP contribution is -2.20. The van der Waals surface area contributed by atoms with Gasteiger partial charge in [0.2, 0.25) is 0 Å². The number of aliphatic hydroxyl groups is 1. The highest BCUT2D eigenvalue weighted by Crippen LogP contribution is 2.33. The zero-order valence-corrected chi connectivity index (χ0v) is 15.8.